The van der Waals surface area contributed by atoms with Crippen LogP contribution in [0.5, 0.6) is 0 Å². The van der Waals surface area contributed by atoms with Crippen LogP contribution in [0.4, 0.5) is 0 Å². The van der Waals surface area contributed by atoms with Gasteiger partial charge in [0.25, 0.3) is 0 Å². The number of aliphatic hydroxyl groups is 4. The zero-order valence-corrected chi connectivity index (χ0v) is 12.2. The van der Waals surface area contributed by atoms with Gasteiger partial charge in [-0.1, -0.05) is 13.8 Å². The van der Waals surface area contributed by atoms with E-state index in [0.717, 1.165) is 0 Å². The summed E-state index contributed by atoms with van der Waals surface area (Å²) in [4.78, 5) is 0. The summed E-state index contributed by atoms with van der Waals surface area (Å²) in [6, 6.07) is 0. The van der Waals surface area contributed by atoms with Crippen LogP contribution in [0.15, 0.2) is 0 Å². The Balaban J connectivity index is -0.000000256. The molecule has 7 heteroatoms. The summed E-state index contributed by atoms with van der Waals surface area (Å²) >= 11 is 0. The number of aliphatic hydroxyl groups excluding tert-OH is 4. The largest absolute Gasteiger partial charge is 0.391 e. The first-order valence-corrected chi connectivity index (χ1v) is 6.28. The van der Waals surface area contributed by atoms with Crippen molar-refractivity contribution in [2.45, 2.75) is 65.3 Å². The molecule has 5 N–H and O–H groups in total. The molecule has 0 aliphatic heterocycles. The molecule has 0 saturated carbocycles. The monoisotopic (exact) mass is 285 g/mol. The molecule has 0 heterocycles. The van der Waals surface area contributed by atoms with E-state index in [0.29, 0.717) is 26.1 Å². The third kappa shape index (κ3) is 23.3. The second-order valence-electron chi connectivity index (χ2n) is 4.10. The third-order valence-electron chi connectivity index (χ3n) is 1.73. The first kappa shape index (κ1) is 23.8. The highest BCUT2D eigenvalue weighted by atomic mass is 16.7. The maximum Gasteiger partial charge on any atom is 0.157 e. The van der Waals surface area contributed by atoms with Crippen LogP contribution in [0, 0.1) is 0 Å². The van der Waals surface area contributed by atoms with E-state index in [1.165, 1.54) is 0 Å². The number of rotatable bonds is 8. The van der Waals surface area contributed by atoms with E-state index in [1.54, 1.807) is 27.7 Å². The Kier molecular flexibility index (Phi) is 19.8. The molecule has 0 aromatic carbocycles. The van der Waals surface area contributed by atoms with E-state index in [2.05, 4.69) is 4.74 Å². The lowest BCUT2D eigenvalue weighted by Gasteiger charge is -2.13. The molecular weight excluding hydrogens is 256 g/mol. The van der Waals surface area contributed by atoms with Crippen molar-refractivity contribution >= 4 is 0 Å². The van der Waals surface area contributed by atoms with Gasteiger partial charge in [-0.05, 0) is 26.7 Å². The molecule has 4 atom stereocenters. The van der Waals surface area contributed by atoms with Crippen molar-refractivity contribution in [3.63, 3.8) is 0 Å². The lowest BCUT2D eigenvalue weighted by atomic mass is 10.4. The van der Waals surface area contributed by atoms with Crippen LogP contribution in [-0.4, -0.2) is 63.9 Å². The van der Waals surface area contributed by atoms with Gasteiger partial charge in [-0.2, -0.15) is 0 Å². The average Bonchev–Trinajstić information content (AvgIpc) is 2.28. The quantitative estimate of drug-likeness (QED) is 0.401. The molecule has 4 unspecified atom stereocenters. The first-order chi connectivity index (χ1) is 8.33. The summed E-state index contributed by atoms with van der Waals surface area (Å²) < 4.78 is 9.52. The molecule has 1 radical (unpaired) electrons. The van der Waals surface area contributed by atoms with Gasteiger partial charge in [0.15, 0.2) is 12.6 Å². The smallest absolute Gasteiger partial charge is 0.157 e. The van der Waals surface area contributed by atoms with Crippen LogP contribution in [0.25, 0.3) is 0 Å². The minimum Gasteiger partial charge on any atom is -0.391 e. The molecule has 0 fully saturated rings. The zero-order valence-electron chi connectivity index (χ0n) is 12.2. The van der Waals surface area contributed by atoms with Gasteiger partial charge in [0.2, 0.25) is 0 Å². The van der Waals surface area contributed by atoms with Gasteiger partial charge in [0, 0.05) is 0 Å². The highest BCUT2D eigenvalue weighted by Crippen LogP contribution is 1.99. The Morgan fingerprint density at radius 3 is 1.32 bits per heavy atom. The fourth-order valence-electron chi connectivity index (χ4n) is 0.783. The van der Waals surface area contributed by atoms with E-state index in [1.807, 2.05) is 0 Å². The Morgan fingerprint density at radius 1 is 0.789 bits per heavy atom. The maximum atomic E-state index is 8.78. The predicted octanol–water partition coefficient (Wildman–Crippen LogP) is 0.0476. The Hall–Kier alpha value is -0.280. The second kappa shape index (κ2) is 15.8. The summed E-state index contributed by atoms with van der Waals surface area (Å²) in [5, 5.41) is 34.9. The van der Waals surface area contributed by atoms with Crippen molar-refractivity contribution in [3.8, 4) is 0 Å². The summed E-state index contributed by atoms with van der Waals surface area (Å²) in [5.41, 5.74) is 0. The SMILES string of the molecule is CC(O)COCC(C)O.CCC(O)OC(O)CC.[OH]. The summed E-state index contributed by atoms with van der Waals surface area (Å²) in [6.45, 7) is 7.44. The molecule has 0 spiro atoms. The van der Waals surface area contributed by atoms with Gasteiger partial charge >= 0.3 is 0 Å². The molecule has 19 heavy (non-hydrogen) atoms. The van der Waals surface area contributed by atoms with Gasteiger partial charge in [0.1, 0.15) is 0 Å². The highest BCUT2D eigenvalue weighted by Gasteiger charge is 2.05. The van der Waals surface area contributed by atoms with Crippen LogP contribution >= 0.6 is 0 Å². The van der Waals surface area contributed by atoms with Gasteiger partial charge in [-0.3, -0.25) is 5.48 Å². The Bertz CT molecular complexity index is 148. The standard InChI is InChI=1S/2C6H14O3.HO/c1-5(7)3-9-4-6(2)8;1-3-5(7)9-6(8)4-2;/h2*5-8H,3-4H2,1-2H3;1H. The molecule has 0 amide bonds. The molecule has 0 aromatic heterocycles. The minimum atomic E-state index is -0.819. The van der Waals surface area contributed by atoms with Gasteiger partial charge in [-0.15, -0.1) is 0 Å². The maximum absolute atomic E-state index is 8.78. The average molecular weight is 285 g/mol. The van der Waals surface area contributed by atoms with Crippen molar-refractivity contribution in [2.75, 3.05) is 13.2 Å². The zero-order chi connectivity index (χ0) is 14.6. The molecule has 0 rings (SSSR count). The highest BCUT2D eigenvalue weighted by molar-refractivity contribution is 4.45. The molecule has 0 aliphatic rings. The second-order valence-corrected chi connectivity index (χ2v) is 4.10. The normalized spacial score (nSPS) is 16.4. The fraction of sp³-hybridized carbons (Fsp3) is 1.00. The lowest BCUT2D eigenvalue weighted by Crippen LogP contribution is -2.19. The van der Waals surface area contributed by atoms with Crippen LogP contribution in [0.2, 0.25) is 0 Å². The molecule has 0 bridgehead atoms. The summed E-state index contributed by atoms with van der Waals surface area (Å²) in [5.74, 6) is 0. The lowest BCUT2D eigenvalue weighted by molar-refractivity contribution is -0.208. The topological polar surface area (TPSA) is 129 Å². The van der Waals surface area contributed by atoms with Crippen LogP contribution in [0.1, 0.15) is 40.5 Å². The summed E-state index contributed by atoms with van der Waals surface area (Å²) in [7, 11) is 0. The van der Waals surface area contributed by atoms with Gasteiger partial charge in [0.05, 0.1) is 25.4 Å². The van der Waals surface area contributed by atoms with Crippen LogP contribution < -0.4 is 0 Å². The van der Waals surface area contributed by atoms with Crippen LogP contribution in [0.3, 0.4) is 0 Å². The van der Waals surface area contributed by atoms with Crippen molar-refractivity contribution in [3.05, 3.63) is 0 Å². The first-order valence-electron chi connectivity index (χ1n) is 6.28. The van der Waals surface area contributed by atoms with E-state index in [4.69, 9.17) is 25.2 Å². The van der Waals surface area contributed by atoms with E-state index in [9.17, 15) is 0 Å². The van der Waals surface area contributed by atoms with Crippen molar-refractivity contribution in [2.24, 2.45) is 0 Å². The molecular formula is C12H29O7. The van der Waals surface area contributed by atoms with Crippen molar-refractivity contribution < 1.29 is 35.4 Å². The van der Waals surface area contributed by atoms with Gasteiger partial charge in [-0.25, -0.2) is 0 Å². The third-order valence-corrected chi connectivity index (χ3v) is 1.73. The van der Waals surface area contributed by atoms with E-state index in [-0.39, 0.29) is 5.48 Å². The molecule has 119 valence electrons. The fourth-order valence-corrected chi connectivity index (χ4v) is 0.783. The number of ether oxygens (including phenoxy) is 2. The minimum absolute atomic E-state index is 0. The predicted molar refractivity (Wildman–Crippen MR) is 69.8 cm³/mol. The van der Waals surface area contributed by atoms with Gasteiger partial charge < -0.3 is 29.9 Å². The number of hydrogen-bond acceptors (Lipinski definition) is 6. The Morgan fingerprint density at radius 2 is 1.11 bits per heavy atom. The number of hydrogen-bond donors (Lipinski definition) is 5. The van der Waals surface area contributed by atoms with E-state index >= 15 is 0 Å². The molecule has 7 nitrogen and oxygen atoms in total. The molecule has 0 aliphatic carbocycles. The molecule has 0 aromatic rings. The van der Waals surface area contributed by atoms with Crippen LogP contribution in [-0.2, 0) is 9.47 Å². The molecule has 0 saturated heterocycles. The summed E-state index contributed by atoms with van der Waals surface area (Å²) in [6.07, 6.45) is -1.50. The van der Waals surface area contributed by atoms with Crippen molar-refractivity contribution in [1.29, 1.82) is 0 Å². The van der Waals surface area contributed by atoms with E-state index < -0.39 is 24.8 Å². The Labute approximate surface area is 115 Å². The van der Waals surface area contributed by atoms with Crippen molar-refractivity contribution in [1.82, 2.24) is 0 Å².